The summed E-state index contributed by atoms with van der Waals surface area (Å²) in [6, 6.07) is 0. The Labute approximate surface area is 171 Å². The van der Waals surface area contributed by atoms with Crippen LogP contribution in [0.5, 0.6) is 0 Å². The Morgan fingerprint density at radius 3 is 2.64 bits per heavy atom. The monoisotopic (exact) mass is 388 g/mol. The highest BCUT2D eigenvalue weighted by Crippen LogP contribution is 2.65. The molecule has 3 nitrogen and oxygen atoms in total. The maximum absolute atomic E-state index is 12.6. The molecule has 0 aliphatic heterocycles. The van der Waals surface area contributed by atoms with Crippen LogP contribution in [0, 0.1) is 34.5 Å². The molecule has 4 rings (SSSR count). The summed E-state index contributed by atoms with van der Waals surface area (Å²) in [5, 5.41) is 0. The first-order valence-electron chi connectivity index (χ1n) is 12.1. The summed E-state index contributed by atoms with van der Waals surface area (Å²) < 4.78 is 5.88. The molecule has 4 unspecified atom stereocenters. The molecule has 0 aromatic rings. The zero-order chi connectivity index (χ0) is 19.9. The van der Waals surface area contributed by atoms with E-state index in [2.05, 4.69) is 20.8 Å². The van der Waals surface area contributed by atoms with Gasteiger partial charge in [0.15, 0.2) is 0 Å². The van der Waals surface area contributed by atoms with Gasteiger partial charge in [0.1, 0.15) is 11.9 Å². The van der Waals surface area contributed by atoms with Gasteiger partial charge >= 0.3 is 5.97 Å². The van der Waals surface area contributed by atoms with Gasteiger partial charge in [0.2, 0.25) is 0 Å². The van der Waals surface area contributed by atoms with E-state index in [4.69, 9.17) is 4.74 Å². The molecule has 0 bridgehead atoms. The molecule has 28 heavy (non-hydrogen) atoms. The van der Waals surface area contributed by atoms with Gasteiger partial charge in [-0.3, -0.25) is 9.59 Å². The Bertz CT molecular complexity index is 613. The number of ether oxygens (including phenoxy) is 1. The van der Waals surface area contributed by atoms with E-state index in [0.717, 1.165) is 63.2 Å². The number of rotatable bonds is 5. The molecule has 0 saturated heterocycles. The van der Waals surface area contributed by atoms with Gasteiger partial charge in [-0.05, 0) is 86.9 Å². The molecule has 7 atom stereocenters. The smallest absolute Gasteiger partial charge is 0.306 e. The predicted octanol–water partition coefficient (Wildman–Crippen LogP) is 6.09. The van der Waals surface area contributed by atoms with Gasteiger partial charge in [-0.15, -0.1) is 0 Å². The lowest BCUT2D eigenvalue weighted by Crippen LogP contribution is -2.54. The molecule has 0 radical (unpaired) electrons. The highest BCUT2D eigenvalue weighted by molar-refractivity contribution is 5.87. The van der Waals surface area contributed by atoms with Crippen molar-refractivity contribution >= 4 is 11.8 Å². The van der Waals surface area contributed by atoms with Crippen LogP contribution in [0.15, 0.2) is 0 Å². The third-order valence-electron chi connectivity index (χ3n) is 9.61. The van der Waals surface area contributed by atoms with Crippen molar-refractivity contribution in [1.82, 2.24) is 0 Å². The van der Waals surface area contributed by atoms with Crippen molar-refractivity contribution in [2.45, 2.75) is 110 Å². The fourth-order valence-corrected chi connectivity index (χ4v) is 7.86. The molecule has 4 aliphatic carbocycles. The number of esters is 1. The highest BCUT2D eigenvalue weighted by atomic mass is 16.5. The van der Waals surface area contributed by atoms with Crippen molar-refractivity contribution in [2.24, 2.45) is 34.5 Å². The SMILES string of the molecule is CCCCCC(=O)OC1CC[C@]2(C)C3CC[C@]4(C)C(=O)CCC4C3CC[C@H]2C1. The van der Waals surface area contributed by atoms with Crippen molar-refractivity contribution in [3.8, 4) is 0 Å². The zero-order valence-electron chi connectivity index (χ0n) is 18.3. The van der Waals surface area contributed by atoms with E-state index in [-0.39, 0.29) is 17.5 Å². The normalized spacial score (nSPS) is 45.1. The molecule has 158 valence electrons. The Balaban J connectivity index is 1.39. The minimum atomic E-state index is -0.0183. The number of unbranched alkanes of at least 4 members (excludes halogenated alkanes) is 2. The fraction of sp³-hybridized carbons (Fsp3) is 0.920. The Kier molecular flexibility index (Phi) is 5.66. The lowest BCUT2D eigenvalue weighted by atomic mass is 9.45. The summed E-state index contributed by atoms with van der Waals surface area (Å²) in [5.74, 6) is 3.41. The van der Waals surface area contributed by atoms with Crippen molar-refractivity contribution in [3.05, 3.63) is 0 Å². The minimum Gasteiger partial charge on any atom is -0.462 e. The van der Waals surface area contributed by atoms with Gasteiger partial charge in [0.25, 0.3) is 0 Å². The van der Waals surface area contributed by atoms with Crippen LogP contribution in [-0.4, -0.2) is 17.9 Å². The first kappa shape index (κ1) is 20.4. The average Bonchev–Trinajstić information content (AvgIpc) is 2.97. The van der Waals surface area contributed by atoms with E-state index in [0.29, 0.717) is 29.5 Å². The largest absolute Gasteiger partial charge is 0.462 e. The van der Waals surface area contributed by atoms with Crippen molar-refractivity contribution < 1.29 is 14.3 Å². The Morgan fingerprint density at radius 2 is 1.86 bits per heavy atom. The molecule has 4 aliphatic rings. The lowest BCUT2D eigenvalue weighted by molar-refractivity contribution is -0.162. The molecule has 0 amide bonds. The standard InChI is InChI=1S/C25H40O3/c1-4-5-6-7-23(27)28-18-12-14-24(2)17(16-18)8-9-19-20-10-11-22(26)25(20,3)15-13-21(19)24/h17-21H,4-16H2,1-3H3/t17-,18?,19?,20?,21?,24-,25-/m0/s1. The molecular weight excluding hydrogens is 348 g/mol. The Morgan fingerprint density at radius 1 is 1.04 bits per heavy atom. The summed E-state index contributed by atoms with van der Waals surface area (Å²) >= 11 is 0. The van der Waals surface area contributed by atoms with Crippen molar-refractivity contribution in [2.75, 3.05) is 0 Å². The quantitative estimate of drug-likeness (QED) is 0.423. The first-order chi connectivity index (χ1) is 13.4. The number of Topliss-reactive ketones (excluding diaryl/α,β-unsaturated/α-hetero) is 1. The van der Waals surface area contributed by atoms with Crippen LogP contribution in [0.3, 0.4) is 0 Å². The van der Waals surface area contributed by atoms with Gasteiger partial charge < -0.3 is 4.74 Å². The van der Waals surface area contributed by atoms with Crippen LogP contribution >= 0.6 is 0 Å². The van der Waals surface area contributed by atoms with Crippen LogP contribution in [0.2, 0.25) is 0 Å². The second-order valence-corrected chi connectivity index (χ2v) is 10.9. The maximum atomic E-state index is 12.6. The van der Waals surface area contributed by atoms with E-state index in [1.54, 1.807) is 0 Å². The van der Waals surface area contributed by atoms with Gasteiger partial charge in [-0.25, -0.2) is 0 Å². The van der Waals surface area contributed by atoms with E-state index in [1.165, 1.54) is 25.7 Å². The third-order valence-corrected chi connectivity index (χ3v) is 9.61. The van der Waals surface area contributed by atoms with Crippen LogP contribution in [0.1, 0.15) is 104 Å². The second kappa shape index (κ2) is 7.76. The number of fused-ring (bicyclic) bond motifs is 5. The third kappa shape index (κ3) is 3.35. The van der Waals surface area contributed by atoms with Crippen LogP contribution < -0.4 is 0 Å². The zero-order valence-corrected chi connectivity index (χ0v) is 18.3. The molecule has 0 aromatic heterocycles. The van der Waals surface area contributed by atoms with Gasteiger partial charge in [-0.1, -0.05) is 33.6 Å². The summed E-state index contributed by atoms with van der Waals surface area (Å²) in [6.45, 7) is 6.97. The number of ketones is 1. The molecule has 0 aromatic carbocycles. The van der Waals surface area contributed by atoms with E-state index < -0.39 is 0 Å². The molecular formula is C25H40O3. The Hall–Kier alpha value is -0.860. The highest BCUT2D eigenvalue weighted by Gasteiger charge is 2.60. The van der Waals surface area contributed by atoms with Gasteiger partial charge in [0, 0.05) is 18.3 Å². The van der Waals surface area contributed by atoms with E-state index in [1.807, 2.05) is 0 Å². The summed E-state index contributed by atoms with van der Waals surface area (Å²) in [5.41, 5.74) is 0.372. The van der Waals surface area contributed by atoms with E-state index >= 15 is 0 Å². The second-order valence-electron chi connectivity index (χ2n) is 10.9. The molecule has 0 spiro atoms. The molecule has 4 saturated carbocycles. The fourth-order valence-electron chi connectivity index (χ4n) is 7.86. The maximum Gasteiger partial charge on any atom is 0.306 e. The summed E-state index contributed by atoms with van der Waals surface area (Å²) in [4.78, 5) is 24.7. The minimum absolute atomic E-state index is 0.0183. The van der Waals surface area contributed by atoms with E-state index in [9.17, 15) is 9.59 Å². The number of hydrogen-bond acceptors (Lipinski definition) is 3. The molecule has 0 N–H and O–H groups in total. The number of carbonyl (C=O) groups excluding carboxylic acids is 2. The topological polar surface area (TPSA) is 43.4 Å². The van der Waals surface area contributed by atoms with Crippen molar-refractivity contribution in [3.63, 3.8) is 0 Å². The van der Waals surface area contributed by atoms with Gasteiger partial charge in [-0.2, -0.15) is 0 Å². The number of hydrogen-bond donors (Lipinski definition) is 0. The average molecular weight is 389 g/mol. The first-order valence-corrected chi connectivity index (χ1v) is 12.1. The summed E-state index contributed by atoms with van der Waals surface area (Å²) in [7, 11) is 0. The predicted molar refractivity (Wildman–Crippen MR) is 111 cm³/mol. The molecule has 4 fully saturated rings. The molecule has 3 heteroatoms. The summed E-state index contributed by atoms with van der Waals surface area (Å²) in [6.07, 6.45) is 14.1. The molecule has 0 heterocycles. The van der Waals surface area contributed by atoms with Gasteiger partial charge in [0.05, 0.1) is 0 Å². The van der Waals surface area contributed by atoms with Crippen LogP contribution in [-0.2, 0) is 14.3 Å². The lowest BCUT2D eigenvalue weighted by Gasteiger charge is -2.60. The number of carbonyl (C=O) groups is 2. The van der Waals surface area contributed by atoms with Crippen molar-refractivity contribution in [1.29, 1.82) is 0 Å². The van der Waals surface area contributed by atoms with Crippen LogP contribution in [0.25, 0.3) is 0 Å². The van der Waals surface area contributed by atoms with Crippen LogP contribution in [0.4, 0.5) is 0 Å².